The van der Waals surface area contributed by atoms with E-state index in [0.717, 1.165) is 37.5 Å². The van der Waals surface area contributed by atoms with E-state index < -0.39 is 0 Å². The minimum atomic E-state index is 0.581. The molecule has 2 aromatic rings. The summed E-state index contributed by atoms with van der Waals surface area (Å²) in [5.41, 5.74) is 0.761. The summed E-state index contributed by atoms with van der Waals surface area (Å²) >= 11 is 0. The summed E-state index contributed by atoms with van der Waals surface area (Å²) in [6, 6.07) is 5.69. The lowest BCUT2D eigenvalue weighted by Crippen LogP contribution is -2.29. The fourth-order valence-corrected chi connectivity index (χ4v) is 2.45. The number of aromatic nitrogens is 3. The minimum Gasteiger partial charge on any atom is -0.339 e. The molecule has 1 aliphatic rings. The Morgan fingerprint density at radius 1 is 1.37 bits per heavy atom. The number of hydrogen-bond acceptors (Lipinski definition) is 5. The van der Waals surface area contributed by atoms with Crippen molar-refractivity contribution < 1.29 is 4.52 Å². The first-order valence-electron chi connectivity index (χ1n) is 6.86. The van der Waals surface area contributed by atoms with Crippen LogP contribution in [0.3, 0.4) is 0 Å². The highest BCUT2D eigenvalue weighted by atomic mass is 16.5. The van der Waals surface area contributed by atoms with E-state index in [0.29, 0.717) is 11.7 Å². The average Bonchev–Trinajstić information content (AvgIpc) is 2.96. The lowest BCUT2D eigenvalue weighted by molar-refractivity contribution is 0.327. The van der Waals surface area contributed by atoms with Crippen molar-refractivity contribution >= 4 is 0 Å². The summed E-state index contributed by atoms with van der Waals surface area (Å²) in [7, 11) is 0. The van der Waals surface area contributed by atoms with Crippen LogP contribution in [0.15, 0.2) is 28.9 Å². The third-order valence-corrected chi connectivity index (χ3v) is 3.53. The number of hydrogen-bond donors (Lipinski definition) is 1. The molecule has 0 aliphatic carbocycles. The maximum Gasteiger partial charge on any atom is 0.227 e. The lowest BCUT2D eigenvalue weighted by atomic mass is 9.95. The predicted octanol–water partition coefficient (Wildman–Crippen LogP) is 2.06. The monoisotopic (exact) mass is 258 g/mol. The molecule has 1 fully saturated rings. The molecule has 0 bridgehead atoms. The van der Waals surface area contributed by atoms with Crippen LogP contribution in [-0.4, -0.2) is 28.2 Å². The molecule has 19 heavy (non-hydrogen) atoms. The Kier molecular flexibility index (Phi) is 3.83. The first-order chi connectivity index (χ1) is 9.42. The highest BCUT2D eigenvalue weighted by Crippen LogP contribution is 2.18. The molecule has 1 atom stereocenters. The van der Waals surface area contributed by atoms with E-state index in [1.165, 1.54) is 12.8 Å². The van der Waals surface area contributed by atoms with Crippen molar-refractivity contribution in [3.63, 3.8) is 0 Å². The molecule has 5 nitrogen and oxygen atoms in total. The van der Waals surface area contributed by atoms with Gasteiger partial charge in [0, 0.05) is 12.6 Å². The van der Waals surface area contributed by atoms with Crippen LogP contribution in [0, 0.1) is 5.92 Å². The van der Waals surface area contributed by atoms with Crippen molar-refractivity contribution in [2.24, 2.45) is 5.92 Å². The highest BCUT2D eigenvalue weighted by Gasteiger charge is 2.15. The fraction of sp³-hybridized carbons (Fsp3) is 0.500. The van der Waals surface area contributed by atoms with Crippen molar-refractivity contribution in [3.8, 4) is 11.5 Å². The van der Waals surface area contributed by atoms with Crippen molar-refractivity contribution in [1.29, 1.82) is 0 Å². The summed E-state index contributed by atoms with van der Waals surface area (Å²) < 4.78 is 5.29. The third-order valence-electron chi connectivity index (χ3n) is 3.53. The van der Waals surface area contributed by atoms with Crippen molar-refractivity contribution in [2.45, 2.75) is 25.7 Å². The van der Waals surface area contributed by atoms with Crippen LogP contribution in [0.2, 0.25) is 0 Å². The zero-order valence-corrected chi connectivity index (χ0v) is 10.9. The number of nitrogens with one attached hydrogen (secondary N) is 1. The second-order valence-electron chi connectivity index (χ2n) is 4.98. The number of rotatable bonds is 4. The normalized spacial score (nSPS) is 19.5. The molecule has 0 saturated carbocycles. The summed E-state index contributed by atoms with van der Waals surface area (Å²) in [6.45, 7) is 2.27. The van der Waals surface area contributed by atoms with Gasteiger partial charge in [-0.1, -0.05) is 11.2 Å². The van der Waals surface area contributed by atoms with Crippen molar-refractivity contribution in [1.82, 2.24) is 20.4 Å². The number of aryl methyl sites for hydroxylation is 1. The molecule has 0 radical (unpaired) electrons. The van der Waals surface area contributed by atoms with Gasteiger partial charge in [-0.3, -0.25) is 4.98 Å². The minimum absolute atomic E-state index is 0.581. The molecule has 0 amide bonds. The first-order valence-corrected chi connectivity index (χ1v) is 6.86. The van der Waals surface area contributed by atoms with E-state index in [4.69, 9.17) is 4.52 Å². The Labute approximate surface area is 112 Å². The van der Waals surface area contributed by atoms with Gasteiger partial charge in [-0.2, -0.15) is 4.98 Å². The summed E-state index contributed by atoms with van der Waals surface area (Å²) in [4.78, 5) is 8.62. The second kappa shape index (κ2) is 5.93. The van der Waals surface area contributed by atoms with Gasteiger partial charge >= 0.3 is 0 Å². The van der Waals surface area contributed by atoms with E-state index in [-0.39, 0.29) is 0 Å². The van der Waals surface area contributed by atoms with Gasteiger partial charge in [-0.25, -0.2) is 0 Å². The molecule has 3 rings (SSSR count). The van der Waals surface area contributed by atoms with Gasteiger partial charge in [0.1, 0.15) is 5.69 Å². The summed E-state index contributed by atoms with van der Waals surface area (Å²) in [5.74, 6) is 2.03. The van der Waals surface area contributed by atoms with Gasteiger partial charge < -0.3 is 9.84 Å². The van der Waals surface area contributed by atoms with Crippen molar-refractivity contribution in [2.75, 3.05) is 13.1 Å². The first kappa shape index (κ1) is 12.3. The van der Waals surface area contributed by atoms with Gasteiger partial charge in [0.2, 0.25) is 11.7 Å². The van der Waals surface area contributed by atoms with Crippen LogP contribution in [0.5, 0.6) is 0 Å². The van der Waals surface area contributed by atoms with E-state index in [1.807, 2.05) is 18.2 Å². The Balaban J connectivity index is 1.59. The molecule has 1 N–H and O–H groups in total. The van der Waals surface area contributed by atoms with E-state index in [1.54, 1.807) is 6.20 Å². The molecule has 2 aromatic heterocycles. The average molecular weight is 258 g/mol. The Morgan fingerprint density at radius 2 is 2.37 bits per heavy atom. The third kappa shape index (κ3) is 3.17. The quantitative estimate of drug-likeness (QED) is 0.909. The van der Waals surface area contributed by atoms with E-state index in [9.17, 15) is 0 Å². The van der Waals surface area contributed by atoms with E-state index >= 15 is 0 Å². The maximum absolute atomic E-state index is 5.29. The van der Waals surface area contributed by atoms with Gasteiger partial charge in [-0.05, 0) is 50.4 Å². The SMILES string of the molecule is c1ccc(-c2noc(CCC3CCCNC3)n2)nc1. The van der Waals surface area contributed by atoms with Crippen LogP contribution in [0.25, 0.3) is 11.5 Å². The Hall–Kier alpha value is -1.75. The van der Waals surface area contributed by atoms with Crippen LogP contribution in [-0.2, 0) is 6.42 Å². The number of piperidine rings is 1. The lowest BCUT2D eigenvalue weighted by Gasteiger charge is -2.21. The van der Waals surface area contributed by atoms with Gasteiger partial charge in [0.25, 0.3) is 0 Å². The molecular weight excluding hydrogens is 240 g/mol. The van der Waals surface area contributed by atoms with Gasteiger partial charge in [0.15, 0.2) is 0 Å². The molecule has 3 heterocycles. The molecule has 5 heteroatoms. The summed E-state index contributed by atoms with van der Waals surface area (Å²) in [5, 5.41) is 7.41. The largest absolute Gasteiger partial charge is 0.339 e. The number of pyridine rings is 1. The standard InChI is InChI=1S/C14H18N4O/c1-2-9-16-12(5-1)14-17-13(19-18-14)7-6-11-4-3-8-15-10-11/h1-2,5,9,11,15H,3-4,6-8,10H2. The predicted molar refractivity (Wildman–Crippen MR) is 71.4 cm³/mol. The highest BCUT2D eigenvalue weighted by molar-refractivity contribution is 5.46. The maximum atomic E-state index is 5.29. The molecule has 1 unspecified atom stereocenters. The van der Waals surface area contributed by atoms with Crippen LogP contribution < -0.4 is 5.32 Å². The van der Waals surface area contributed by atoms with Gasteiger partial charge in [0.05, 0.1) is 0 Å². The van der Waals surface area contributed by atoms with Crippen LogP contribution in [0.1, 0.15) is 25.2 Å². The molecule has 0 spiro atoms. The van der Waals surface area contributed by atoms with E-state index in [2.05, 4.69) is 20.4 Å². The van der Waals surface area contributed by atoms with Crippen molar-refractivity contribution in [3.05, 3.63) is 30.3 Å². The zero-order chi connectivity index (χ0) is 12.9. The fourth-order valence-electron chi connectivity index (χ4n) is 2.45. The van der Waals surface area contributed by atoms with Gasteiger partial charge in [-0.15, -0.1) is 0 Å². The molecule has 1 aliphatic heterocycles. The molecule has 0 aromatic carbocycles. The molecule has 1 saturated heterocycles. The van der Waals surface area contributed by atoms with Crippen LogP contribution >= 0.6 is 0 Å². The Bertz CT molecular complexity index is 505. The Morgan fingerprint density at radius 3 is 3.16 bits per heavy atom. The van der Waals surface area contributed by atoms with Crippen LogP contribution in [0.4, 0.5) is 0 Å². The molecular formula is C14H18N4O. The molecule has 100 valence electrons. The summed E-state index contributed by atoms with van der Waals surface area (Å²) in [6.07, 6.45) is 6.27. The smallest absolute Gasteiger partial charge is 0.227 e. The zero-order valence-electron chi connectivity index (χ0n) is 10.9. The second-order valence-corrected chi connectivity index (χ2v) is 4.98. The number of nitrogens with zero attached hydrogens (tertiary/aromatic N) is 3. The topological polar surface area (TPSA) is 63.8 Å².